The average molecular weight is 402 g/mol. The van der Waals surface area contributed by atoms with Crippen LogP contribution in [0.5, 0.6) is 0 Å². The summed E-state index contributed by atoms with van der Waals surface area (Å²) >= 11 is 0. The van der Waals surface area contributed by atoms with Gasteiger partial charge in [0.15, 0.2) is 0 Å². The number of nitrogens with zero attached hydrogens (tertiary/aromatic N) is 3. The van der Waals surface area contributed by atoms with Crippen molar-refractivity contribution in [3.8, 4) is 0 Å². The average Bonchev–Trinajstić information content (AvgIpc) is 3.27. The fourth-order valence-electron chi connectivity index (χ4n) is 3.84. The van der Waals surface area contributed by atoms with Gasteiger partial charge in [-0.1, -0.05) is 0 Å². The van der Waals surface area contributed by atoms with E-state index in [4.69, 9.17) is 0 Å². The van der Waals surface area contributed by atoms with E-state index in [1.54, 1.807) is 23.1 Å². The summed E-state index contributed by atoms with van der Waals surface area (Å²) < 4.78 is 29.1. The molecule has 9 heteroatoms. The lowest BCUT2D eigenvalue weighted by Crippen LogP contribution is -2.32. The van der Waals surface area contributed by atoms with Gasteiger partial charge in [0.1, 0.15) is 0 Å². The standard InChI is InChI=1S/C19H22N4O4S/c1-13(24)22-9-7-15-11-16(5-6-18(15)22)28(26,27)20-8-10-23-19(25)12-14-3-2-4-17(14)21-23/h5-6,11-12,20H,2-4,7-10H2,1H3. The number of carbonyl (C=O) groups is 1. The molecule has 2 aromatic rings. The Bertz CT molecular complexity index is 1110. The number of anilines is 1. The molecule has 0 unspecified atom stereocenters. The zero-order valence-corrected chi connectivity index (χ0v) is 16.5. The molecule has 0 bridgehead atoms. The Hall–Kier alpha value is -2.52. The van der Waals surface area contributed by atoms with Crippen LogP contribution >= 0.6 is 0 Å². The van der Waals surface area contributed by atoms with Gasteiger partial charge in [-0.25, -0.2) is 17.8 Å². The Kier molecular flexibility index (Phi) is 4.80. The van der Waals surface area contributed by atoms with E-state index in [0.717, 1.165) is 41.8 Å². The molecule has 1 N–H and O–H groups in total. The number of rotatable bonds is 5. The number of amides is 1. The minimum atomic E-state index is -3.71. The zero-order valence-electron chi connectivity index (χ0n) is 15.6. The fraction of sp³-hybridized carbons (Fsp3) is 0.421. The fourth-order valence-corrected chi connectivity index (χ4v) is 4.91. The SMILES string of the molecule is CC(=O)N1CCc2cc(S(=O)(=O)NCCn3nc4c(cc3=O)CCC4)ccc21. The van der Waals surface area contributed by atoms with Crippen molar-refractivity contribution in [3.63, 3.8) is 0 Å². The van der Waals surface area contributed by atoms with Crippen LogP contribution in [0, 0.1) is 0 Å². The summed E-state index contributed by atoms with van der Waals surface area (Å²) in [6.07, 6.45) is 3.36. The summed E-state index contributed by atoms with van der Waals surface area (Å²) in [6.45, 7) is 2.31. The van der Waals surface area contributed by atoms with E-state index in [1.165, 1.54) is 17.7 Å². The highest BCUT2D eigenvalue weighted by molar-refractivity contribution is 7.89. The Balaban J connectivity index is 1.46. The van der Waals surface area contributed by atoms with E-state index >= 15 is 0 Å². The number of sulfonamides is 1. The maximum absolute atomic E-state index is 12.6. The summed E-state index contributed by atoms with van der Waals surface area (Å²) in [7, 11) is -3.71. The second-order valence-corrected chi connectivity index (χ2v) is 8.91. The molecule has 28 heavy (non-hydrogen) atoms. The first-order valence-electron chi connectivity index (χ1n) is 9.36. The molecule has 1 aromatic heterocycles. The summed E-state index contributed by atoms with van der Waals surface area (Å²) in [5.74, 6) is -0.0558. The van der Waals surface area contributed by atoms with Crippen molar-refractivity contribution in [1.29, 1.82) is 0 Å². The van der Waals surface area contributed by atoms with E-state index < -0.39 is 10.0 Å². The molecule has 148 valence electrons. The number of hydrogen-bond acceptors (Lipinski definition) is 5. The van der Waals surface area contributed by atoms with Gasteiger partial charge in [-0.15, -0.1) is 0 Å². The predicted molar refractivity (Wildman–Crippen MR) is 104 cm³/mol. The number of aryl methyl sites for hydroxylation is 2. The third-order valence-corrected chi connectivity index (χ3v) is 6.74. The maximum Gasteiger partial charge on any atom is 0.267 e. The van der Waals surface area contributed by atoms with Crippen molar-refractivity contribution in [3.05, 3.63) is 51.4 Å². The van der Waals surface area contributed by atoms with Crippen molar-refractivity contribution in [2.75, 3.05) is 18.0 Å². The van der Waals surface area contributed by atoms with E-state index in [2.05, 4.69) is 9.82 Å². The van der Waals surface area contributed by atoms with Crippen molar-refractivity contribution in [2.24, 2.45) is 0 Å². The molecule has 4 rings (SSSR count). The van der Waals surface area contributed by atoms with Crippen molar-refractivity contribution in [2.45, 2.75) is 44.0 Å². The van der Waals surface area contributed by atoms with Gasteiger partial charge >= 0.3 is 0 Å². The molecule has 0 radical (unpaired) electrons. The molecule has 1 aliphatic heterocycles. The van der Waals surface area contributed by atoms with Gasteiger partial charge in [-0.3, -0.25) is 9.59 Å². The van der Waals surface area contributed by atoms with Crippen LogP contribution in [0.25, 0.3) is 0 Å². The number of hydrogen-bond donors (Lipinski definition) is 1. The number of benzene rings is 1. The van der Waals surface area contributed by atoms with E-state index in [1.807, 2.05) is 0 Å². The summed E-state index contributed by atoms with van der Waals surface area (Å²) in [6, 6.07) is 6.39. The molecule has 2 heterocycles. The Morgan fingerprint density at radius 2 is 2.00 bits per heavy atom. The first kappa shape index (κ1) is 18.8. The van der Waals surface area contributed by atoms with E-state index in [9.17, 15) is 18.0 Å². The topological polar surface area (TPSA) is 101 Å². The largest absolute Gasteiger partial charge is 0.312 e. The summed E-state index contributed by atoms with van der Waals surface area (Å²) in [5.41, 5.74) is 3.33. The highest BCUT2D eigenvalue weighted by atomic mass is 32.2. The second-order valence-electron chi connectivity index (χ2n) is 7.14. The first-order valence-corrected chi connectivity index (χ1v) is 10.8. The molecule has 0 spiro atoms. The van der Waals surface area contributed by atoms with Gasteiger partial charge in [0.2, 0.25) is 15.9 Å². The molecule has 0 saturated carbocycles. The highest BCUT2D eigenvalue weighted by Gasteiger charge is 2.24. The third-order valence-electron chi connectivity index (χ3n) is 5.28. The molecule has 1 aromatic carbocycles. The smallest absolute Gasteiger partial charge is 0.267 e. The van der Waals surface area contributed by atoms with Crippen LogP contribution in [0.4, 0.5) is 5.69 Å². The van der Waals surface area contributed by atoms with Crippen molar-refractivity contribution >= 4 is 21.6 Å². The molecule has 0 saturated heterocycles. The number of carbonyl (C=O) groups excluding carboxylic acids is 1. The zero-order chi connectivity index (χ0) is 19.9. The van der Waals surface area contributed by atoms with Gasteiger partial charge < -0.3 is 4.90 Å². The molecular weight excluding hydrogens is 380 g/mol. The quantitative estimate of drug-likeness (QED) is 0.790. The highest BCUT2D eigenvalue weighted by Crippen LogP contribution is 2.30. The molecule has 1 amide bonds. The van der Waals surface area contributed by atoms with Gasteiger partial charge in [0, 0.05) is 31.8 Å². The lowest BCUT2D eigenvalue weighted by molar-refractivity contribution is -0.116. The van der Waals surface area contributed by atoms with Crippen LogP contribution in [0.1, 0.15) is 30.2 Å². The Morgan fingerprint density at radius 3 is 2.79 bits per heavy atom. The normalized spacial score (nSPS) is 15.5. The Labute approximate surface area is 163 Å². The monoisotopic (exact) mass is 402 g/mol. The number of nitrogens with one attached hydrogen (secondary N) is 1. The first-order chi connectivity index (χ1) is 13.3. The molecule has 0 fully saturated rings. The maximum atomic E-state index is 12.6. The molecular formula is C19H22N4O4S. The van der Waals surface area contributed by atoms with Crippen LogP contribution in [0.3, 0.4) is 0 Å². The van der Waals surface area contributed by atoms with Crippen molar-refractivity contribution in [1.82, 2.24) is 14.5 Å². The molecule has 1 aliphatic carbocycles. The van der Waals surface area contributed by atoms with Crippen molar-refractivity contribution < 1.29 is 13.2 Å². The Morgan fingerprint density at radius 1 is 1.18 bits per heavy atom. The predicted octanol–water partition coefficient (Wildman–Crippen LogP) is 0.620. The summed E-state index contributed by atoms with van der Waals surface area (Å²) in [4.78, 5) is 25.5. The van der Waals surface area contributed by atoms with Gasteiger partial charge in [0.25, 0.3) is 5.56 Å². The van der Waals surface area contributed by atoms with Crippen LogP contribution in [0.15, 0.2) is 34.0 Å². The lowest BCUT2D eigenvalue weighted by atomic mass is 10.2. The third kappa shape index (κ3) is 3.47. The lowest BCUT2D eigenvalue weighted by Gasteiger charge is -2.15. The van der Waals surface area contributed by atoms with E-state index in [0.29, 0.717) is 13.0 Å². The minimum absolute atomic E-state index is 0.0558. The number of fused-ring (bicyclic) bond motifs is 2. The second kappa shape index (κ2) is 7.14. The molecule has 2 aliphatic rings. The van der Waals surface area contributed by atoms with Crippen LogP contribution in [-0.2, 0) is 40.6 Å². The van der Waals surface area contributed by atoms with Gasteiger partial charge in [0.05, 0.1) is 17.1 Å². The van der Waals surface area contributed by atoms with Crippen LogP contribution in [0.2, 0.25) is 0 Å². The summed E-state index contributed by atoms with van der Waals surface area (Å²) in [5, 5.41) is 4.35. The minimum Gasteiger partial charge on any atom is -0.312 e. The number of aromatic nitrogens is 2. The van der Waals surface area contributed by atoms with Crippen LogP contribution < -0.4 is 15.2 Å². The van der Waals surface area contributed by atoms with Gasteiger partial charge in [-0.05, 0) is 55.0 Å². The van der Waals surface area contributed by atoms with E-state index in [-0.39, 0.29) is 29.5 Å². The molecule has 0 atom stereocenters. The van der Waals surface area contributed by atoms with Crippen LogP contribution in [-0.4, -0.2) is 37.2 Å². The molecule has 8 nitrogen and oxygen atoms in total. The van der Waals surface area contributed by atoms with Gasteiger partial charge in [-0.2, -0.15) is 5.10 Å².